The molecule has 0 unspecified atom stereocenters. The number of benzene rings is 1. The molecule has 0 spiro atoms. The van der Waals surface area contributed by atoms with E-state index in [4.69, 9.17) is 0 Å². The number of fused-ring (bicyclic) bond motifs is 2. The molecule has 2 aliphatic rings. The highest BCUT2D eigenvalue weighted by atomic mass is 16.2. The van der Waals surface area contributed by atoms with E-state index in [1.165, 1.54) is 0 Å². The Kier molecular flexibility index (Phi) is 3.45. The molecule has 3 aromatic rings. The maximum Gasteiger partial charge on any atom is 0.267 e. The summed E-state index contributed by atoms with van der Waals surface area (Å²) in [4.78, 5) is 30.0. The first-order chi connectivity index (χ1) is 12.7. The highest BCUT2D eigenvalue weighted by Crippen LogP contribution is 2.25. The summed E-state index contributed by atoms with van der Waals surface area (Å²) in [5.41, 5.74) is 3.84. The van der Waals surface area contributed by atoms with Crippen LogP contribution in [0.15, 0.2) is 41.3 Å². The lowest BCUT2D eigenvalue weighted by Crippen LogP contribution is -2.52. The van der Waals surface area contributed by atoms with Gasteiger partial charge >= 0.3 is 0 Å². The SMILES string of the molecule is O=C(c1c[nH]c2ccccc12)N1CC(Cn2nc3c(cc2=O)CCC3)C1. The lowest BCUT2D eigenvalue weighted by molar-refractivity contribution is 0.0460. The van der Waals surface area contributed by atoms with E-state index in [1.807, 2.05) is 29.2 Å². The second-order valence-electron chi connectivity index (χ2n) is 7.31. The normalized spacial score (nSPS) is 16.7. The predicted octanol–water partition coefficient (Wildman–Crippen LogP) is 1.99. The topological polar surface area (TPSA) is 71.0 Å². The number of likely N-dealkylation sites (tertiary alicyclic amines) is 1. The first kappa shape index (κ1) is 15.4. The van der Waals surface area contributed by atoms with Crippen LogP contribution in [0.5, 0.6) is 0 Å². The Labute approximate surface area is 150 Å². The van der Waals surface area contributed by atoms with Crippen molar-refractivity contribution < 1.29 is 4.79 Å². The molecule has 1 aliphatic carbocycles. The van der Waals surface area contributed by atoms with Crippen molar-refractivity contribution in [3.05, 3.63) is 63.7 Å². The number of nitrogens with zero attached hydrogens (tertiary/aromatic N) is 3. The molecule has 1 N–H and O–H groups in total. The van der Waals surface area contributed by atoms with E-state index in [9.17, 15) is 9.59 Å². The Morgan fingerprint density at radius 1 is 1.23 bits per heavy atom. The summed E-state index contributed by atoms with van der Waals surface area (Å²) in [5, 5.41) is 5.49. The number of aromatic amines is 1. The molecule has 3 heterocycles. The fourth-order valence-corrected chi connectivity index (χ4v) is 4.08. The highest BCUT2D eigenvalue weighted by Gasteiger charge is 2.33. The maximum absolute atomic E-state index is 12.7. The van der Waals surface area contributed by atoms with Crippen molar-refractivity contribution in [3.8, 4) is 0 Å². The summed E-state index contributed by atoms with van der Waals surface area (Å²) in [6.07, 6.45) is 4.80. The van der Waals surface area contributed by atoms with Crippen LogP contribution in [0.25, 0.3) is 10.9 Å². The number of rotatable bonds is 3. The smallest absolute Gasteiger partial charge is 0.267 e. The number of H-pyrrole nitrogens is 1. The third-order valence-corrected chi connectivity index (χ3v) is 5.52. The third kappa shape index (κ3) is 2.44. The van der Waals surface area contributed by atoms with Crippen molar-refractivity contribution in [1.29, 1.82) is 0 Å². The molecule has 5 rings (SSSR count). The van der Waals surface area contributed by atoms with Crippen molar-refractivity contribution in [2.45, 2.75) is 25.8 Å². The Balaban J connectivity index is 1.28. The molecule has 1 aliphatic heterocycles. The van der Waals surface area contributed by atoms with E-state index in [0.717, 1.165) is 41.4 Å². The van der Waals surface area contributed by atoms with Crippen LogP contribution < -0.4 is 5.56 Å². The van der Waals surface area contributed by atoms with Crippen LogP contribution in [-0.2, 0) is 19.4 Å². The number of aromatic nitrogens is 3. The summed E-state index contributed by atoms with van der Waals surface area (Å²) in [7, 11) is 0. The third-order valence-electron chi connectivity index (χ3n) is 5.52. The molecule has 0 radical (unpaired) electrons. The number of hydrogen-bond donors (Lipinski definition) is 1. The molecule has 0 atom stereocenters. The standard InChI is InChI=1S/C20H20N4O2/c25-19-8-14-4-3-7-17(14)22-24(19)12-13-10-23(11-13)20(26)16-9-21-18-6-2-1-5-15(16)18/h1-2,5-6,8-9,13,21H,3-4,7,10-12H2. The zero-order chi connectivity index (χ0) is 17.7. The van der Waals surface area contributed by atoms with Crippen molar-refractivity contribution in [3.63, 3.8) is 0 Å². The van der Waals surface area contributed by atoms with Gasteiger partial charge in [0.1, 0.15) is 0 Å². The number of carbonyl (C=O) groups is 1. The lowest BCUT2D eigenvalue weighted by atomic mass is 9.98. The van der Waals surface area contributed by atoms with E-state index in [1.54, 1.807) is 16.9 Å². The molecule has 6 heteroatoms. The van der Waals surface area contributed by atoms with Crippen molar-refractivity contribution in [1.82, 2.24) is 19.7 Å². The van der Waals surface area contributed by atoms with Gasteiger partial charge < -0.3 is 9.88 Å². The number of amides is 1. The van der Waals surface area contributed by atoms with Gasteiger partial charge in [-0.3, -0.25) is 9.59 Å². The van der Waals surface area contributed by atoms with Crippen molar-refractivity contribution in [2.24, 2.45) is 5.92 Å². The molecule has 1 aromatic carbocycles. The average molecular weight is 348 g/mol. The summed E-state index contributed by atoms with van der Waals surface area (Å²) < 4.78 is 1.59. The van der Waals surface area contributed by atoms with Crippen LogP contribution in [0.3, 0.4) is 0 Å². The minimum atomic E-state index is -0.0212. The van der Waals surface area contributed by atoms with Crippen molar-refractivity contribution in [2.75, 3.05) is 13.1 Å². The minimum absolute atomic E-state index is 0.0212. The average Bonchev–Trinajstić information content (AvgIpc) is 3.23. The van der Waals surface area contributed by atoms with Gasteiger partial charge in [-0.2, -0.15) is 5.10 Å². The summed E-state index contributed by atoms with van der Waals surface area (Å²) in [6, 6.07) is 9.57. The quantitative estimate of drug-likeness (QED) is 0.787. The largest absolute Gasteiger partial charge is 0.360 e. The number of carbonyl (C=O) groups excluding carboxylic acids is 1. The Hall–Kier alpha value is -2.89. The van der Waals surface area contributed by atoms with Crippen LogP contribution >= 0.6 is 0 Å². The van der Waals surface area contributed by atoms with E-state index < -0.39 is 0 Å². The lowest BCUT2D eigenvalue weighted by Gasteiger charge is -2.39. The van der Waals surface area contributed by atoms with E-state index in [-0.39, 0.29) is 17.4 Å². The summed E-state index contributed by atoms with van der Waals surface area (Å²) in [5.74, 6) is 0.335. The Bertz CT molecular complexity index is 1060. The molecule has 1 fully saturated rings. The predicted molar refractivity (Wildman–Crippen MR) is 98.2 cm³/mol. The Morgan fingerprint density at radius 2 is 2.08 bits per heavy atom. The number of para-hydroxylation sites is 1. The van der Waals surface area contributed by atoms with Crippen LogP contribution in [-0.4, -0.2) is 38.7 Å². The van der Waals surface area contributed by atoms with Gasteiger partial charge in [-0.1, -0.05) is 18.2 Å². The zero-order valence-corrected chi connectivity index (χ0v) is 14.4. The zero-order valence-electron chi connectivity index (χ0n) is 14.4. The van der Waals surface area contributed by atoms with E-state index in [0.29, 0.717) is 25.2 Å². The van der Waals surface area contributed by atoms with Gasteiger partial charge in [0.05, 0.1) is 17.8 Å². The van der Waals surface area contributed by atoms with Crippen molar-refractivity contribution >= 4 is 16.8 Å². The van der Waals surface area contributed by atoms with E-state index >= 15 is 0 Å². The van der Waals surface area contributed by atoms with E-state index in [2.05, 4.69) is 10.1 Å². The van der Waals surface area contributed by atoms with Gasteiger partial charge in [-0.05, 0) is 30.9 Å². The van der Waals surface area contributed by atoms with Crippen LogP contribution in [0.4, 0.5) is 0 Å². The van der Waals surface area contributed by atoms with Crippen LogP contribution in [0, 0.1) is 5.92 Å². The van der Waals surface area contributed by atoms with Gasteiger partial charge in [-0.25, -0.2) is 4.68 Å². The molecule has 1 saturated heterocycles. The number of hydrogen-bond acceptors (Lipinski definition) is 3. The van der Waals surface area contributed by atoms with Gasteiger partial charge in [0.2, 0.25) is 0 Å². The first-order valence-electron chi connectivity index (χ1n) is 9.14. The highest BCUT2D eigenvalue weighted by molar-refractivity contribution is 6.06. The number of nitrogens with one attached hydrogen (secondary N) is 1. The van der Waals surface area contributed by atoms with Gasteiger partial charge in [0.25, 0.3) is 11.5 Å². The second kappa shape index (κ2) is 5.83. The fourth-order valence-electron chi connectivity index (χ4n) is 4.08. The number of aryl methyl sites for hydroxylation is 2. The summed E-state index contributed by atoms with van der Waals surface area (Å²) >= 11 is 0. The molecule has 1 amide bonds. The molecule has 0 saturated carbocycles. The van der Waals surface area contributed by atoms with Crippen LogP contribution in [0.2, 0.25) is 0 Å². The van der Waals surface area contributed by atoms with Gasteiger partial charge in [-0.15, -0.1) is 0 Å². The second-order valence-corrected chi connectivity index (χ2v) is 7.31. The fraction of sp³-hybridized carbons (Fsp3) is 0.350. The molecule has 26 heavy (non-hydrogen) atoms. The first-order valence-corrected chi connectivity index (χ1v) is 9.14. The molecule has 132 valence electrons. The molecular formula is C20H20N4O2. The maximum atomic E-state index is 12.7. The minimum Gasteiger partial charge on any atom is -0.360 e. The van der Waals surface area contributed by atoms with Gasteiger partial charge in [0.15, 0.2) is 0 Å². The molecule has 6 nitrogen and oxygen atoms in total. The monoisotopic (exact) mass is 348 g/mol. The molecule has 2 aromatic heterocycles. The summed E-state index contributed by atoms with van der Waals surface area (Å²) in [6.45, 7) is 1.93. The van der Waals surface area contributed by atoms with Crippen LogP contribution in [0.1, 0.15) is 28.0 Å². The van der Waals surface area contributed by atoms with Gasteiger partial charge in [0, 0.05) is 42.2 Å². The molecule has 0 bridgehead atoms. The molecular weight excluding hydrogens is 328 g/mol. The Morgan fingerprint density at radius 3 is 2.96 bits per heavy atom.